The molecule has 0 atom stereocenters. The monoisotopic (exact) mass is 496 g/mol. The Kier molecular flexibility index (Phi) is 8.15. The highest BCUT2D eigenvalue weighted by atomic mass is 32.2. The highest BCUT2D eigenvalue weighted by molar-refractivity contribution is 7.88. The standard InChI is InChI=1S/C27H29FN2O4S/c28-25-12-6-22(7-13-25)19-34-26-14-8-21(9-15-26)18-29-27(31)24-10-4-23(5-11-24)20-35(32,33)30-16-2-1-3-17-30/h4-15H,1-3,16-20H2,(H,29,31). The molecule has 1 N–H and O–H groups in total. The van der Waals surface area contributed by atoms with Crippen molar-refractivity contribution in [2.75, 3.05) is 13.1 Å². The number of rotatable bonds is 9. The number of hydrogen-bond acceptors (Lipinski definition) is 4. The van der Waals surface area contributed by atoms with Crippen LogP contribution in [0, 0.1) is 5.82 Å². The molecule has 0 unspecified atom stereocenters. The van der Waals surface area contributed by atoms with Gasteiger partial charge in [0, 0.05) is 25.2 Å². The second kappa shape index (κ2) is 11.5. The van der Waals surface area contributed by atoms with Crippen LogP contribution in [0.15, 0.2) is 72.8 Å². The molecular weight excluding hydrogens is 467 g/mol. The minimum absolute atomic E-state index is 0.0511. The van der Waals surface area contributed by atoms with E-state index in [4.69, 9.17) is 4.74 Å². The van der Waals surface area contributed by atoms with E-state index in [-0.39, 0.29) is 17.5 Å². The summed E-state index contributed by atoms with van der Waals surface area (Å²) in [5.74, 6) is 0.119. The smallest absolute Gasteiger partial charge is 0.251 e. The van der Waals surface area contributed by atoms with E-state index in [0.29, 0.717) is 43.1 Å². The number of sulfonamides is 1. The first kappa shape index (κ1) is 24.9. The number of nitrogens with one attached hydrogen (secondary N) is 1. The van der Waals surface area contributed by atoms with Crippen LogP contribution in [-0.2, 0) is 28.9 Å². The molecule has 0 radical (unpaired) electrons. The average molecular weight is 497 g/mol. The van der Waals surface area contributed by atoms with E-state index in [1.807, 2.05) is 24.3 Å². The van der Waals surface area contributed by atoms with Crippen LogP contribution in [0.25, 0.3) is 0 Å². The van der Waals surface area contributed by atoms with Crippen LogP contribution >= 0.6 is 0 Å². The lowest BCUT2D eigenvalue weighted by Gasteiger charge is -2.25. The summed E-state index contributed by atoms with van der Waals surface area (Å²) in [6, 6.07) is 20.2. The highest BCUT2D eigenvalue weighted by Crippen LogP contribution is 2.18. The van der Waals surface area contributed by atoms with Crippen LogP contribution in [0.1, 0.15) is 46.3 Å². The van der Waals surface area contributed by atoms with Gasteiger partial charge in [-0.05, 0) is 65.9 Å². The third kappa shape index (κ3) is 7.13. The van der Waals surface area contributed by atoms with Gasteiger partial charge in [0.05, 0.1) is 5.75 Å². The van der Waals surface area contributed by atoms with Crippen molar-refractivity contribution in [3.63, 3.8) is 0 Å². The Morgan fingerprint density at radius 1 is 0.829 bits per heavy atom. The maximum absolute atomic E-state index is 13.0. The van der Waals surface area contributed by atoms with E-state index in [0.717, 1.165) is 30.4 Å². The van der Waals surface area contributed by atoms with Crippen molar-refractivity contribution in [2.24, 2.45) is 0 Å². The minimum Gasteiger partial charge on any atom is -0.489 e. The number of amides is 1. The number of ether oxygens (including phenoxy) is 1. The molecule has 184 valence electrons. The van der Waals surface area contributed by atoms with Gasteiger partial charge in [-0.15, -0.1) is 0 Å². The van der Waals surface area contributed by atoms with Crippen molar-refractivity contribution < 1.29 is 22.3 Å². The molecule has 0 bridgehead atoms. The maximum Gasteiger partial charge on any atom is 0.251 e. The zero-order chi connectivity index (χ0) is 24.7. The van der Waals surface area contributed by atoms with E-state index in [1.165, 1.54) is 12.1 Å². The number of benzene rings is 3. The summed E-state index contributed by atoms with van der Waals surface area (Å²) in [4.78, 5) is 12.5. The zero-order valence-corrected chi connectivity index (χ0v) is 20.3. The van der Waals surface area contributed by atoms with Gasteiger partial charge in [-0.1, -0.05) is 42.8 Å². The normalized spacial score (nSPS) is 14.4. The first-order chi connectivity index (χ1) is 16.9. The molecular formula is C27H29FN2O4S. The molecule has 1 aliphatic rings. The Morgan fingerprint density at radius 2 is 1.43 bits per heavy atom. The lowest BCUT2D eigenvalue weighted by molar-refractivity contribution is 0.0951. The summed E-state index contributed by atoms with van der Waals surface area (Å²) in [7, 11) is -3.33. The minimum atomic E-state index is -3.33. The lowest BCUT2D eigenvalue weighted by Crippen LogP contribution is -2.36. The number of carbonyl (C=O) groups excluding carboxylic acids is 1. The molecule has 0 aliphatic carbocycles. The Labute approximate surface area is 205 Å². The molecule has 0 aromatic heterocycles. The second-order valence-corrected chi connectivity index (χ2v) is 10.6. The van der Waals surface area contributed by atoms with Crippen LogP contribution in [0.3, 0.4) is 0 Å². The largest absolute Gasteiger partial charge is 0.489 e. The van der Waals surface area contributed by atoms with Gasteiger partial charge in [0.2, 0.25) is 10.0 Å². The second-order valence-electron chi connectivity index (χ2n) is 8.65. The predicted molar refractivity (Wildman–Crippen MR) is 133 cm³/mol. The topological polar surface area (TPSA) is 75.7 Å². The van der Waals surface area contributed by atoms with Gasteiger partial charge in [0.1, 0.15) is 18.2 Å². The third-order valence-corrected chi connectivity index (χ3v) is 7.82. The Morgan fingerprint density at radius 3 is 2.09 bits per heavy atom. The van der Waals surface area contributed by atoms with E-state index < -0.39 is 10.0 Å². The van der Waals surface area contributed by atoms with Crippen molar-refractivity contribution in [3.8, 4) is 5.75 Å². The SMILES string of the molecule is O=C(NCc1ccc(OCc2ccc(F)cc2)cc1)c1ccc(CS(=O)(=O)N2CCCCC2)cc1. The molecule has 3 aromatic carbocycles. The zero-order valence-electron chi connectivity index (χ0n) is 19.5. The summed E-state index contributed by atoms with van der Waals surface area (Å²) in [6.45, 7) is 1.86. The predicted octanol–water partition coefficient (Wildman–Crippen LogP) is 4.65. The molecule has 3 aromatic rings. The molecule has 1 fully saturated rings. The summed E-state index contributed by atoms with van der Waals surface area (Å²) < 4.78 is 45.5. The van der Waals surface area contributed by atoms with Gasteiger partial charge in [-0.25, -0.2) is 17.1 Å². The molecule has 0 saturated carbocycles. The summed E-state index contributed by atoms with van der Waals surface area (Å²) in [5.41, 5.74) is 2.93. The van der Waals surface area contributed by atoms with Crippen LogP contribution in [0.4, 0.5) is 4.39 Å². The molecule has 1 heterocycles. The van der Waals surface area contributed by atoms with Crippen LogP contribution in [0.2, 0.25) is 0 Å². The van der Waals surface area contributed by atoms with Crippen molar-refractivity contribution in [2.45, 2.75) is 38.2 Å². The quantitative estimate of drug-likeness (QED) is 0.468. The van der Waals surface area contributed by atoms with E-state index >= 15 is 0 Å². The van der Waals surface area contributed by atoms with Gasteiger partial charge in [0.15, 0.2) is 0 Å². The summed E-state index contributed by atoms with van der Waals surface area (Å²) >= 11 is 0. The number of hydrogen-bond donors (Lipinski definition) is 1. The van der Waals surface area contributed by atoms with Crippen molar-refractivity contribution >= 4 is 15.9 Å². The average Bonchev–Trinajstić information content (AvgIpc) is 2.88. The lowest BCUT2D eigenvalue weighted by atomic mass is 10.1. The molecule has 8 heteroatoms. The van der Waals surface area contributed by atoms with Crippen molar-refractivity contribution in [1.82, 2.24) is 9.62 Å². The summed E-state index contributed by atoms with van der Waals surface area (Å²) in [6.07, 6.45) is 2.89. The molecule has 1 saturated heterocycles. The molecule has 6 nitrogen and oxygen atoms in total. The fraction of sp³-hybridized carbons (Fsp3) is 0.296. The van der Waals surface area contributed by atoms with E-state index in [1.54, 1.807) is 40.7 Å². The number of halogens is 1. The Bertz CT molecular complexity index is 1220. The first-order valence-corrected chi connectivity index (χ1v) is 13.3. The van der Waals surface area contributed by atoms with Gasteiger partial charge in [0.25, 0.3) is 5.91 Å². The molecule has 1 amide bonds. The molecule has 0 spiro atoms. The van der Waals surface area contributed by atoms with E-state index in [9.17, 15) is 17.6 Å². The highest BCUT2D eigenvalue weighted by Gasteiger charge is 2.24. The Hall–Kier alpha value is -3.23. The van der Waals surface area contributed by atoms with Crippen LogP contribution < -0.4 is 10.1 Å². The molecule has 1 aliphatic heterocycles. The molecule has 35 heavy (non-hydrogen) atoms. The number of carbonyl (C=O) groups is 1. The number of nitrogens with zero attached hydrogens (tertiary/aromatic N) is 1. The van der Waals surface area contributed by atoms with Gasteiger partial charge in [-0.2, -0.15) is 0 Å². The van der Waals surface area contributed by atoms with Gasteiger partial charge < -0.3 is 10.1 Å². The van der Waals surface area contributed by atoms with Gasteiger partial charge in [-0.3, -0.25) is 4.79 Å². The Balaban J connectivity index is 1.25. The fourth-order valence-corrected chi connectivity index (χ4v) is 5.54. The van der Waals surface area contributed by atoms with Crippen molar-refractivity contribution in [3.05, 3.63) is 101 Å². The van der Waals surface area contributed by atoms with Crippen LogP contribution in [0.5, 0.6) is 5.75 Å². The third-order valence-electron chi connectivity index (χ3n) is 5.97. The van der Waals surface area contributed by atoms with Gasteiger partial charge >= 0.3 is 0 Å². The summed E-state index contributed by atoms with van der Waals surface area (Å²) in [5, 5.41) is 2.88. The van der Waals surface area contributed by atoms with E-state index in [2.05, 4.69) is 5.32 Å². The molecule has 4 rings (SSSR count). The fourth-order valence-electron chi connectivity index (χ4n) is 3.93. The van der Waals surface area contributed by atoms with Crippen LogP contribution in [-0.4, -0.2) is 31.7 Å². The van der Waals surface area contributed by atoms with Crippen molar-refractivity contribution in [1.29, 1.82) is 0 Å². The maximum atomic E-state index is 13.0. The first-order valence-electron chi connectivity index (χ1n) is 11.7. The number of piperidine rings is 1.